The fourth-order valence-electron chi connectivity index (χ4n) is 11.2. The number of nitrogens with zero attached hydrogens (tertiary/aromatic N) is 4. The van der Waals surface area contributed by atoms with Gasteiger partial charge in [-0.3, -0.25) is 53.1 Å². The number of hydrogen-bond acceptors (Lipinski definition) is 13. The van der Waals surface area contributed by atoms with Crippen LogP contribution >= 0.6 is 0 Å². The average molecular weight is 1080 g/mol. The van der Waals surface area contributed by atoms with Gasteiger partial charge in [-0.15, -0.1) is 0 Å². The minimum absolute atomic E-state index is 0.00898. The van der Waals surface area contributed by atoms with Gasteiger partial charge in [-0.2, -0.15) is 0 Å². The van der Waals surface area contributed by atoms with E-state index < -0.39 is 12.0 Å². The number of para-hydroxylation sites is 2. The van der Waals surface area contributed by atoms with Crippen molar-refractivity contribution in [3.8, 4) is 17.2 Å². The first-order valence-corrected chi connectivity index (χ1v) is 27.4. The predicted octanol–water partition coefficient (Wildman–Crippen LogP) is 8.49. The van der Waals surface area contributed by atoms with Crippen molar-refractivity contribution < 1.29 is 52.6 Å². The van der Waals surface area contributed by atoms with Gasteiger partial charge in [0, 0.05) is 99.4 Å². The quantitative estimate of drug-likeness (QED) is 0.0466. The smallest absolute Gasteiger partial charge is 0.261 e. The molecule has 0 saturated heterocycles. The summed E-state index contributed by atoms with van der Waals surface area (Å²) in [5.41, 5.74) is 8.98. The lowest BCUT2D eigenvalue weighted by Gasteiger charge is -2.22. The van der Waals surface area contributed by atoms with Crippen molar-refractivity contribution in [1.82, 2.24) is 10.2 Å². The Labute approximate surface area is 464 Å². The number of rotatable bonds is 23. The van der Waals surface area contributed by atoms with Crippen LogP contribution in [0.2, 0.25) is 0 Å². The normalized spacial score (nSPS) is 17.3. The summed E-state index contributed by atoms with van der Waals surface area (Å²) >= 11 is 0. The number of Topliss-reactive ketones (excluding diaryl/α,β-unsaturated/α-hetero) is 3. The molecular formula is C63H64N6O11. The number of hydrogen-bond donors (Lipinski definition) is 2. The number of carbonyl (C=O) groups is 8. The van der Waals surface area contributed by atoms with E-state index in [1.165, 1.54) is 19.3 Å². The van der Waals surface area contributed by atoms with E-state index in [4.69, 9.17) is 19.2 Å². The van der Waals surface area contributed by atoms with Crippen LogP contribution in [0.15, 0.2) is 108 Å². The Balaban J connectivity index is 0.795. The highest BCUT2D eigenvalue weighted by Gasteiger charge is 2.39. The Kier molecular flexibility index (Phi) is 16.2. The monoisotopic (exact) mass is 1080 g/mol. The number of nitrogens with one attached hydrogen (secondary N) is 2. The number of anilines is 3. The molecule has 0 spiro atoms. The van der Waals surface area contributed by atoms with E-state index in [2.05, 4.69) is 16.7 Å². The molecule has 17 heteroatoms. The molecule has 5 aliphatic rings. The molecule has 0 radical (unpaired) electrons. The Hall–Kier alpha value is -8.73. The van der Waals surface area contributed by atoms with E-state index in [1.54, 1.807) is 37.1 Å². The van der Waals surface area contributed by atoms with Crippen LogP contribution in [0.5, 0.6) is 17.2 Å². The van der Waals surface area contributed by atoms with Gasteiger partial charge in [0.1, 0.15) is 30.5 Å². The summed E-state index contributed by atoms with van der Waals surface area (Å²) in [7, 11) is 1.51. The van der Waals surface area contributed by atoms with Gasteiger partial charge in [-0.05, 0) is 103 Å². The lowest BCUT2D eigenvalue weighted by atomic mass is 9.92. The fourth-order valence-corrected chi connectivity index (χ4v) is 11.2. The molecule has 0 aliphatic carbocycles. The second-order valence-electron chi connectivity index (χ2n) is 21.3. The minimum Gasteiger partial charge on any atom is -0.493 e. The molecule has 5 aliphatic heterocycles. The maximum absolute atomic E-state index is 14.1. The lowest BCUT2D eigenvalue weighted by Crippen LogP contribution is -2.39. The molecule has 4 atom stereocenters. The number of aliphatic imine (C=N–C) groups is 1. The van der Waals surface area contributed by atoms with Crippen LogP contribution in [0.25, 0.3) is 0 Å². The standard InChI is InChI=1S/C63H64N6O11/c1-37(23-55(72)39(3)66-59(73)18-10-7-14-47(70)15-11-21-67-60(74)19-20-61(67)75)54(71)27-40-24-41(35-79-56-31-50-48(22-38(56)2)62(76)68-45(33-64-50)28-43-12-5-8-16-52(43)68)26-42(25-40)36-80-58-32-51-49(30-57(58)78-4)63(77)69-46(34-65-51)29-44-13-6-9-17-53(44)69/h5-6,8-9,12-13,16-17,19-20,22,24-26,30-32,34,37,39,45-46,64H,7,10-11,14-15,18,21,23,27-29,33,35-36H2,1-4H3,(H,66,73)/t37-,39+,45+,46+/m1/s1. The summed E-state index contributed by atoms with van der Waals surface area (Å²) in [5, 5.41) is 6.25. The third-order valence-corrected chi connectivity index (χ3v) is 15.5. The number of carbonyl (C=O) groups excluding carboxylic acids is 8. The maximum Gasteiger partial charge on any atom is 0.261 e. The third kappa shape index (κ3) is 11.8. The molecule has 0 fully saturated rings. The molecule has 0 unspecified atom stereocenters. The second-order valence-corrected chi connectivity index (χ2v) is 21.3. The third-order valence-electron chi connectivity index (χ3n) is 15.5. The number of fused-ring (bicyclic) bond motifs is 8. The summed E-state index contributed by atoms with van der Waals surface area (Å²) in [6, 6.07) is 27.5. The predicted molar refractivity (Wildman–Crippen MR) is 301 cm³/mol. The SMILES string of the molecule is COc1cc2c(cc1OCc1cc(COc3cc4c(cc3C)C(=O)N3c5ccccc5C[C@H]3CN4)cc(CC(=O)[C@H](C)CC(=O)[C@H](C)NC(=O)CCCCC(=O)CCCN3C(=O)C=CC3=O)c1)N=C[C@@H]1Cc3ccccc3N1C2=O. The lowest BCUT2D eigenvalue weighted by molar-refractivity contribution is -0.137. The van der Waals surface area contributed by atoms with E-state index in [0.717, 1.165) is 44.9 Å². The number of imide groups is 1. The largest absolute Gasteiger partial charge is 0.493 e. The zero-order valence-corrected chi connectivity index (χ0v) is 45.4. The summed E-state index contributed by atoms with van der Waals surface area (Å²) in [6.07, 6.45) is 7.41. The van der Waals surface area contributed by atoms with Crippen LogP contribution in [0, 0.1) is 12.8 Å². The van der Waals surface area contributed by atoms with Crippen molar-refractivity contribution in [3.05, 3.63) is 148 Å². The number of unbranched alkanes of at least 4 members (excludes halogenated alkanes) is 1. The molecule has 80 heavy (non-hydrogen) atoms. The van der Waals surface area contributed by atoms with Crippen LogP contribution in [-0.2, 0) is 61.2 Å². The molecule has 5 amide bonds. The van der Waals surface area contributed by atoms with Crippen LogP contribution in [0.3, 0.4) is 0 Å². The molecule has 0 saturated carbocycles. The summed E-state index contributed by atoms with van der Waals surface area (Å²) in [4.78, 5) is 114. The second kappa shape index (κ2) is 23.7. The van der Waals surface area contributed by atoms with E-state index in [1.807, 2.05) is 84.6 Å². The van der Waals surface area contributed by atoms with Crippen molar-refractivity contribution in [2.24, 2.45) is 10.9 Å². The van der Waals surface area contributed by atoms with Crippen molar-refractivity contribution in [3.63, 3.8) is 0 Å². The molecule has 0 bridgehead atoms. The van der Waals surface area contributed by atoms with Gasteiger partial charge in [0.15, 0.2) is 17.3 Å². The Bertz CT molecular complexity index is 3380. The number of ketones is 3. The highest BCUT2D eigenvalue weighted by molar-refractivity contribution is 6.15. The molecule has 412 valence electrons. The zero-order chi connectivity index (χ0) is 56.2. The van der Waals surface area contributed by atoms with E-state index >= 15 is 0 Å². The fraction of sp³-hybridized carbons (Fsp3) is 0.349. The van der Waals surface area contributed by atoms with Crippen LogP contribution in [0.4, 0.5) is 22.7 Å². The number of amides is 5. The molecule has 5 aromatic rings. The first-order valence-electron chi connectivity index (χ1n) is 27.4. The molecular weight excluding hydrogens is 1020 g/mol. The van der Waals surface area contributed by atoms with Crippen molar-refractivity contribution >= 4 is 75.8 Å². The van der Waals surface area contributed by atoms with Gasteiger partial charge in [-0.1, -0.05) is 55.5 Å². The van der Waals surface area contributed by atoms with Crippen molar-refractivity contribution in [2.45, 2.75) is 116 Å². The van der Waals surface area contributed by atoms with Gasteiger partial charge in [0.05, 0.1) is 47.7 Å². The van der Waals surface area contributed by atoms with E-state index in [0.29, 0.717) is 83.1 Å². The van der Waals surface area contributed by atoms with Crippen molar-refractivity contribution in [2.75, 3.05) is 35.3 Å². The number of aryl methyl sites for hydroxylation is 1. The molecule has 0 aromatic heterocycles. The zero-order valence-electron chi connectivity index (χ0n) is 45.4. The number of ether oxygens (including phenoxy) is 3. The highest BCUT2D eigenvalue weighted by Crippen LogP contribution is 2.42. The molecule has 5 heterocycles. The van der Waals surface area contributed by atoms with Crippen molar-refractivity contribution in [1.29, 1.82) is 0 Å². The highest BCUT2D eigenvalue weighted by atomic mass is 16.5. The average Bonchev–Trinajstić information content (AvgIpc) is 4.18. The van der Waals surface area contributed by atoms with Gasteiger partial charge in [-0.25, -0.2) is 0 Å². The molecule has 5 aromatic carbocycles. The van der Waals surface area contributed by atoms with E-state index in [-0.39, 0.29) is 111 Å². The van der Waals surface area contributed by atoms with Crippen LogP contribution < -0.4 is 34.6 Å². The summed E-state index contributed by atoms with van der Waals surface area (Å²) in [6.45, 7) is 6.09. The van der Waals surface area contributed by atoms with E-state index in [9.17, 15) is 38.4 Å². The van der Waals surface area contributed by atoms with Crippen LogP contribution in [-0.4, -0.2) is 96.3 Å². The first-order chi connectivity index (χ1) is 38.6. The van der Waals surface area contributed by atoms with Gasteiger partial charge in [0.2, 0.25) is 5.91 Å². The summed E-state index contributed by atoms with van der Waals surface area (Å²) < 4.78 is 18.8. The Morgan fingerprint density at radius 2 is 1.34 bits per heavy atom. The summed E-state index contributed by atoms with van der Waals surface area (Å²) in [5.74, 6) is -1.23. The minimum atomic E-state index is -0.838. The topological polar surface area (TPSA) is 210 Å². The van der Waals surface area contributed by atoms with Gasteiger partial charge >= 0.3 is 0 Å². The molecule has 2 N–H and O–H groups in total. The number of benzene rings is 5. The molecule has 10 rings (SSSR count). The molecule has 17 nitrogen and oxygen atoms in total. The Morgan fingerprint density at radius 1 is 0.700 bits per heavy atom. The van der Waals surface area contributed by atoms with Crippen LogP contribution in [0.1, 0.15) is 113 Å². The van der Waals surface area contributed by atoms with Gasteiger partial charge in [0.25, 0.3) is 23.6 Å². The Morgan fingerprint density at radius 3 is 2.06 bits per heavy atom. The maximum atomic E-state index is 14.1. The number of methoxy groups -OCH3 is 1. The first kappa shape index (κ1) is 54.6. The van der Waals surface area contributed by atoms with Gasteiger partial charge < -0.3 is 29.7 Å².